The predicted molar refractivity (Wildman–Crippen MR) is 139 cm³/mol. The summed E-state index contributed by atoms with van der Waals surface area (Å²) in [6, 6.07) is 5.91. The number of ether oxygens (including phenoxy) is 2. The Hall–Kier alpha value is -2.89. The van der Waals surface area contributed by atoms with Crippen molar-refractivity contribution in [2.75, 3.05) is 65.3 Å². The van der Waals surface area contributed by atoms with E-state index in [0.29, 0.717) is 62.9 Å². The molecule has 2 aromatic rings. The first-order chi connectivity index (χ1) is 17.9. The minimum Gasteiger partial charge on any atom is -0.495 e. The molecule has 0 radical (unpaired) electrons. The predicted octanol–water partition coefficient (Wildman–Crippen LogP) is 1.79. The molecular formula is C26H33N5O5S. The number of methoxy groups -OCH3 is 1. The van der Waals surface area contributed by atoms with Gasteiger partial charge in [-0.25, -0.2) is 10.0 Å². The van der Waals surface area contributed by atoms with Crippen molar-refractivity contribution in [1.29, 1.82) is 0 Å². The number of likely N-dealkylation sites (tertiary alicyclic amines) is 2. The Labute approximate surface area is 219 Å². The number of rotatable bonds is 3. The summed E-state index contributed by atoms with van der Waals surface area (Å²) in [7, 11) is 1.62. The highest BCUT2D eigenvalue weighted by molar-refractivity contribution is 7.23. The second-order valence-electron chi connectivity index (χ2n) is 10.3. The molecule has 198 valence electrons. The van der Waals surface area contributed by atoms with Crippen molar-refractivity contribution in [1.82, 2.24) is 19.8 Å². The quantitative estimate of drug-likeness (QED) is 0.607. The zero-order valence-electron chi connectivity index (χ0n) is 21.1. The normalized spacial score (nSPS) is 23.1. The molecule has 3 amide bonds. The van der Waals surface area contributed by atoms with Crippen LogP contribution in [0.3, 0.4) is 0 Å². The SMILES string of the molecule is COc1cccc2c(C(=O)N3CCC(N4CCCC5(C4)C(=O)N4CCOCCN4C5=O)CC3)c(N)sc12. The Kier molecular flexibility index (Phi) is 6.24. The molecule has 1 aromatic heterocycles. The third kappa shape index (κ3) is 3.86. The van der Waals surface area contributed by atoms with Crippen LogP contribution in [0.2, 0.25) is 0 Å². The topological polar surface area (TPSA) is 109 Å². The van der Waals surface area contributed by atoms with E-state index in [2.05, 4.69) is 4.90 Å². The summed E-state index contributed by atoms with van der Waals surface area (Å²) in [6.07, 6.45) is 3.02. The van der Waals surface area contributed by atoms with E-state index in [1.807, 2.05) is 23.1 Å². The monoisotopic (exact) mass is 527 g/mol. The van der Waals surface area contributed by atoms with Crippen LogP contribution in [-0.4, -0.2) is 103 Å². The van der Waals surface area contributed by atoms with Crippen LogP contribution < -0.4 is 10.5 Å². The van der Waals surface area contributed by atoms with Crippen molar-refractivity contribution >= 4 is 44.1 Å². The first kappa shape index (κ1) is 24.4. The number of thiophene rings is 1. The van der Waals surface area contributed by atoms with E-state index in [1.165, 1.54) is 11.3 Å². The Morgan fingerprint density at radius 2 is 1.78 bits per heavy atom. The molecule has 5 heterocycles. The van der Waals surface area contributed by atoms with Gasteiger partial charge < -0.3 is 20.1 Å². The lowest BCUT2D eigenvalue weighted by molar-refractivity contribution is -0.145. The highest BCUT2D eigenvalue weighted by Gasteiger charge is 2.60. The second-order valence-corrected chi connectivity index (χ2v) is 11.4. The minimum absolute atomic E-state index is 0.0466. The molecule has 4 aliphatic rings. The maximum Gasteiger partial charge on any atom is 0.258 e. The second kappa shape index (κ2) is 9.45. The summed E-state index contributed by atoms with van der Waals surface area (Å²) < 4.78 is 11.8. The van der Waals surface area contributed by atoms with E-state index >= 15 is 0 Å². The van der Waals surface area contributed by atoms with Crippen LogP contribution in [0.4, 0.5) is 5.00 Å². The van der Waals surface area contributed by atoms with Crippen molar-refractivity contribution in [3.63, 3.8) is 0 Å². The molecule has 10 nitrogen and oxygen atoms in total. The van der Waals surface area contributed by atoms with Crippen LogP contribution in [0.25, 0.3) is 10.1 Å². The zero-order valence-corrected chi connectivity index (χ0v) is 21.9. The van der Waals surface area contributed by atoms with Gasteiger partial charge in [0, 0.05) is 31.1 Å². The third-order valence-electron chi connectivity index (χ3n) is 8.40. The van der Waals surface area contributed by atoms with Gasteiger partial charge in [-0.1, -0.05) is 12.1 Å². The molecule has 4 fully saturated rings. The number of hydrazine groups is 1. The smallest absolute Gasteiger partial charge is 0.258 e. The van der Waals surface area contributed by atoms with Gasteiger partial charge in [-0.05, 0) is 38.3 Å². The molecule has 0 aliphatic carbocycles. The van der Waals surface area contributed by atoms with E-state index in [1.54, 1.807) is 17.1 Å². The average Bonchev–Trinajstić information content (AvgIpc) is 3.20. The van der Waals surface area contributed by atoms with Crippen molar-refractivity contribution < 1.29 is 23.9 Å². The molecule has 6 rings (SSSR count). The Balaban J connectivity index is 1.15. The van der Waals surface area contributed by atoms with Crippen molar-refractivity contribution in [2.24, 2.45) is 5.41 Å². The first-order valence-electron chi connectivity index (χ1n) is 13.0. The van der Waals surface area contributed by atoms with Crippen LogP contribution in [0, 0.1) is 5.41 Å². The Bertz CT molecular complexity index is 1220. The lowest BCUT2D eigenvalue weighted by Gasteiger charge is -2.44. The standard InChI is InChI=1S/C26H33N5O5S/c1-35-19-5-2-4-18-20(22(27)37-21(18)19)23(32)28-10-6-17(7-11-28)29-9-3-8-26(16-29)24(33)30-12-14-36-15-13-31(30)25(26)34/h2,4-5,17H,3,6-16,27H2,1H3. The minimum atomic E-state index is -0.981. The van der Waals surface area contributed by atoms with Gasteiger partial charge in [-0.2, -0.15) is 0 Å². The van der Waals surface area contributed by atoms with E-state index in [-0.39, 0.29) is 23.8 Å². The van der Waals surface area contributed by atoms with Crippen molar-refractivity contribution in [3.8, 4) is 5.75 Å². The molecule has 37 heavy (non-hydrogen) atoms. The molecular weight excluding hydrogens is 494 g/mol. The number of fused-ring (bicyclic) bond motifs is 2. The van der Waals surface area contributed by atoms with E-state index < -0.39 is 5.41 Å². The fourth-order valence-electron chi connectivity index (χ4n) is 6.49. The fraction of sp³-hybridized carbons (Fsp3) is 0.577. The summed E-state index contributed by atoms with van der Waals surface area (Å²) in [5.74, 6) is 0.526. The van der Waals surface area contributed by atoms with Gasteiger partial charge in [0.05, 0.1) is 48.7 Å². The highest BCUT2D eigenvalue weighted by Crippen LogP contribution is 2.42. The maximum absolute atomic E-state index is 13.5. The van der Waals surface area contributed by atoms with Crippen LogP contribution >= 0.6 is 11.3 Å². The Morgan fingerprint density at radius 1 is 1.08 bits per heavy atom. The van der Waals surface area contributed by atoms with Gasteiger partial charge in [-0.3, -0.25) is 19.3 Å². The van der Waals surface area contributed by atoms with Crippen molar-refractivity contribution in [3.05, 3.63) is 23.8 Å². The molecule has 1 spiro atoms. The summed E-state index contributed by atoms with van der Waals surface area (Å²) in [4.78, 5) is 44.7. The largest absolute Gasteiger partial charge is 0.495 e. The molecule has 0 bridgehead atoms. The highest BCUT2D eigenvalue weighted by atomic mass is 32.1. The first-order valence-corrected chi connectivity index (χ1v) is 13.9. The maximum atomic E-state index is 13.5. The lowest BCUT2D eigenvalue weighted by Crippen LogP contribution is -2.56. The summed E-state index contributed by atoms with van der Waals surface area (Å²) in [6.45, 7) is 4.33. The number of nitrogens with two attached hydrogens (primary N) is 1. The van der Waals surface area contributed by atoms with Crippen molar-refractivity contribution in [2.45, 2.75) is 31.7 Å². The number of hydrogen-bond acceptors (Lipinski definition) is 8. The fourth-order valence-corrected chi connectivity index (χ4v) is 7.54. The molecule has 11 heteroatoms. The Morgan fingerprint density at radius 3 is 2.46 bits per heavy atom. The molecule has 0 unspecified atom stereocenters. The summed E-state index contributed by atoms with van der Waals surface area (Å²) in [5.41, 5.74) is 5.89. The number of carbonyl (C=O) groups is 3. The molecule has 1 aromatic carbocycles. The van der Waals surface area contributed by atoms with E-state index in [4.69, 9.17) is 15.2 Å². The van der Waals surface area contributed by atoms with E-state index in [0.717, 1.165) is 41.6 Å². The van der Waals surface area contributed by atoms with Crippen LogP contribution in [0.1, 0.15) is 36.0 Å². The van der Waals surface area contributed by atoms with Gasteiger partial charge in [0.1, 0.15) is 11.2 Å². The number of amides is 3. The number of nitrogens with zero attached hydrogens (tertiary/aromatic N) is 4. The lowest BCUT2D eigenvalue weighted by atomic mass is 9.78. The van der Waals surface area contributed by atoms with E-state index in [9.17, 15) is 14.4 Å². The molecule has 0 atom stereocenters. The average molecular weight is 528 g/mol. The van der Waals surface area contributed by atoms with Gasteiger partial charge in [0.2, 0.25) is 0 Å². The van der Waals surface area contributed by atoms with Crippen LogP contribution in [0.15, 0.2) is 18.2 Å². The number of carbonyl (C=O) groups excluding carboxylic acids is 3. The summed E-state index contributed by atoms with van der Waals surface area (Å²) in [5, 5.41) is 4.57. The molecule has 4 saturated heterocycles. The number of benzene rings is 1. The number of hydrogen-bond donors (Lipinski definition) is 1. The van der Waals surface area contributed by atoms with Gasteiger partial charge in [0.15, 0.2) is 0 Å². The van der Waals surface area contributed by atoms with Crippen LogP contribution in [0.5, 0.6) is 5.75 Å². The molecule has 0 saturated carbocycles. The zero-order chi connectivity index (χ0) is 25.7. The number of anilines is 1. The van der Waals surface area contributed by atoms with Gasteiger partial charge >= 0.3 is 0 Å². The molecule has 2 N–H and O–H groups in total. The third-order valence-corrected chi connectivity index (χ3v) is 9.45. The van der Waals surface area contributed by atoms with Gasteiger partial charge in [-0.15, -0.1) is 11.3 Å². The van der Waals surface area contributed by atoms with Crippen LogP contribution in [-0.2, 0) is 14.3 Å². The molecule has 4 aliphatic heterocycles. The van der Waals surface area contributed by atoms with Gasteiger partial charge in [0.25, 0.3) is 17.7 Å². The number of piperidine rings is 2. The number of nitrogen functional groups attached to an aromatic ring is 1. The summed E-state index contributed by atoms with van der Waals surface area (Å²) >= 11 is 1.38.